The number of amides is 1. The van der Waals surface area contributed by atoms with Gasteiger partial charge >= 0.3 is 0 Å². The van der Waals surface area contributed by atoms with E-state index in [1.807, 2.05) is 41.8 Å². The van der Waals surface area contributed by atoms with Crippen LogP contribution in [0.25, 0.3) is 16.4 Å². The van der Waals surface area contributed by atoms with Crippen molar-refractivity contribution in [3.05, 3.63) is 83.2 Å². The van der Waals surface area contributed by atoms with Crippen LogP contribution in [0.5, 0.6) is 5.75 Å². The molecule has 0 aliphatic carbocycles. The van der Waals surface area contributed by atoms with Gasteiger partial charge < -0.3 is 9.64 Å². The monoisotopic (exact) mass is 448 g/mol. The van der Waals surface area contributed by atoms with E-state index in [9.17, 15) is 9.18 Å². The van der Waals surface area contributed by atoms with Gasteiger partial charge in [0.15, 0.2) is 5.82 Å². The molecular weight excluding hydrogens is 427 g/mol. The topological polar surface area (TPSA) is 60.2 Å². The minimum absolute atomic E-state index is 0.119. The predicted octanol–water partition coefficient (Wildman–Crippen LogP) is 4.77. The number of likely N-dealkylation sites (tertiary alicyclic amines) is 1. The number of carbonyl (C=O) groups is 1. The van der Waals surface area contributed by atoms with Crippen LogP contribution in [0.2, 0.25) is 0 Å². The van der Waals surface area contributed by atoms with Crippen molar-refractivity contribution in [2.75, 3.05) is 20.2 Å². The molecule has 1 aliphatic rings. The highest BCUT2D eigenvalue weighted by atomic mass is 32.1. The van der Waals surface area contributed by atoms with Crippen LogP contribution in [-0.2, 0) is 0 Å². The molecule has 1 aliphatic heterocycles. The first kappa shape index (κ1) is 20.4. The molecule has 32 heavy (non-hydrogen) atoms. The van der Waals surface area contributed by atoms with Crippen molar-refractivity contribution in [2.24, 2.45) is 0 Å². The standard InChI is InChI=1S/C24H21FN4O2S/c1-31-20-9-7-16(8-10-20)17-11-12-28(15-17)24(30)22-26-23(21-6-3-13-32-21)29(27-22)19-5-2-4-18(25)14-19/h2-10,13-14,17H,11-12,15H2,1H3. The molecule has 0 spiro atoms. The molecule has 0 saturated carbocycles. The van der Waals surface area contributed by atoms with Gasteiger partial charge in [-0.2, -0.15) is 0 Å². The molecule has 1 saturated heterocycles. The number of nitrogens with zero attached hydrogens (tertiary/aromatic N) is 4. The molecule has 5 rings (SSSR count). The van der Waals surface area contributed by atoms with Crippen LogP contribution < -0.4 is 4.74 Å². The Morgan fingerprint density at radius 1 is 1.16 bits per heavy atom. The largest absolute Gasteiger partial charge is 0.497 e. The molecule has 8 heteroatoms. The van der Waals surface area contributed by atoms with Gasteiger partial charge in [-0.25, -0.2) is 14.1 Å². The van der Waals surface area contributed by atoms with Crippen LogP contribution in [0, 0.1) is 5.82 Å². The fourth-order valence-corrected chi connectivity index (χ4v) is 4.69. The number of benzene rings is 2. The molecule has 1 fully saturated rings. The summed E-state index contributed by atoms with van der Waals surface area (Å²) in [7, 11) is 1.64. The molecule has 0 radical (unpaired) electrons. The molecule has 6 nitrogen and oxygen atoms in total. The van der Waals surface area contributed by atoms with E-state index in [4.69, 9.17) is 4.74 Å². The van der Waals surface area contributed by atoms with Crippen LogP contribution in [0.1, 0.15) is 28.5 Å². The van der Waals surface area contributed by atoms with Crippen molar-refractivity contribution in [2.45, 2.75) is 12.3 Å². The maximum absolute atomic E-state index is 13.8. The van der Waals surface area contributed by atoms with E-state index in [0.29, 0.717) is 24.6 Å². The second-order valence-corrected chi connectivity index (χ2v) is 8.59. The summed E-state index contributed by atoms with van der Waals surface area (Å²) < 4.78 is 20.6. The highest BCUT2D eigenvalue weighted by Gasteiger charge is 2.31. The van der Waals surface area contributed by atoms with E-state index in [1.54, 1.807) is 28.8 Å². The lowest BCUT2D eigenvalue weighted by molar-refractivity contribution is 0.0779. The van der Waals surface area contributed by atoms with Crippen molar-refractivity contribution in [3.63, 3.8) is 0 Å². The van der Waals surface area contributed by atoms with Crippen LogP contribution >= 0.6 is 11.3 Å². The van der Waals surface area contributed by atoms with Gasteiger partial charge in [-0.15, -0.1) is 16.4 Å². The Bertz CT molecular complexity index is 1240. The maximum atomic E-state index is 13.8. The van der Waals surface area contributed by atoms with Crippen LogP contribution in [0.4, 0.5) is 4.39 Å². The normalized spacial score (nSPS) is 15.8. The number of hydrogen-bond donors (Lipinski definition) is 0. The average molecular weight is 449 g/mol. The van der Waals surface area contributed by atoms with Gasteiger partial charge in [0, 0.05) is 19.0 Å². The lowest BCUT2D eigenvalue weighted by Gasteiger charge is -2.15. The highest BCUT2D eigenvalue weighted by molar-refractivity contribution is 7.13. The highest BCUT2D eigenvalue weighted by Crippen LogP contribution is 2.30. The van der Waals surface area contributed by atoms with Crippen molar-refractivity contribution >= 4 is 17.2 Å². The molecule has 4 aromatic rings. The Morgan fingerprint density at radius 3 is 2.72 bits per heavy atom. The summed E-state index contributed by atoms with van der Waals surface area (Å²) in [5, 5.41) is 6.41. The van der Waals surface area contributed by atoms with Gasteiger partial charge in [0.25, 0.3) is 5.91 Å². The first-order valence-electron chi connectivity index (χ1n) is 10.3. The molecule has 162 valence electrons. The van der Waals surface area contributed by atoms with Crippen molar-refractivity contribution in [1.29, 1.82) is 0 Å². The number of halogens is 1. The van der Waals surface area contributed by atoms with Crippen LogP contribution in [0.3, 0.4) is 0 Å². The van der Waals surface area contributed by atoms with Crippen molar-refractivity contribution in [1.82, 2.24) is 19.7 Å². The third kappa shape index (κ3) is 3.89. The predicted molar refractivity (Wildman–Crippen MR) is 121 cm³/mol. The number of thiophene rings is 1. The molecule has 1 atom stereocenters. The van der Waals surface area contributed by atoms with Gasteiger partial charge in [0.1, 0.15) is 11.6 Å². The number of ether oxygens (including phenoxy) is 1. The number of aromatic nitrogens is 3. The second kappa shape index (κ2) is 8.55. The van der Waals surface area contributed by atoms with E-state index in [-0.39, 0.29) is 23.5 Å². The molecule has 0 N–H and O–H groups in total. The van der Waals surface area contributed by atoms with Crippen molar-refractivity contribution < 1.29 is 13.9 Å². The summed E-state index contributed by atoms with van der Waals surface area (Å²) in [5.74, 6) is 1.13. The molecule has 1 unspecified atom stereocenters. The Balaban J connectivity index is 1.42. The van der Waals surface area contributed by atoms with Crippen LogP contribution in [-0.4, -0.2) is 45.8 Å². The van der Waals surface area contributed by atoms with Crippen LogP contribution in [0.15, 0.2) is 66.0 Å². The fourth-order valence-electron chi connectivity index (χ4n) is 3.99. The Hall–Kier alpha value is -3.52. The smallest absolute Gasteiger partial charge is 0.293 e. The van der Waals surface area contributed by atoms with Gasteiger partial charge in [0.2, 0.25) is 5.82 Å². The van der Waals surface area contributed by atoms with E-state index in [0.717, 1.165) is 17.0 Å². The third-order valence-electron chi connectivity index (χ3n) is 5.66. The Morgan fingerprint density at radius 2 is 2.00 bits per heavy atom. The lowest BCUT2D eigenvalue weighted by atomic mass is 9.98. The van der Waals surface area contributed by atoms with Gasteiger partial charge in [-0.3, -0.25) is 4.79 Å². The quantitative estimate of drug-likeness (QED) is 0.441. The van der Waals surface area contributed by atoms with Gasteiger partial charge in [-0.05, 0) is 53.8 Å². The molecule has 0 bridgehead atoms. The lowest BCUT2D eigenvalue weighted by Crippen LogP contribution is -2.29. The van der Waals surface area contributed by atoms with Gasteiger partial charge in [0.05, 0.1) is 17.7 Å². The van der Waals surface area contributed by atoms with E-state index >= 15 is 0 Å². The summed E-state index contributed by atoms with van der Waals surface area (Å²) in [6, 6.07) is 17.9. The Kier molecular flexibility index (Phi) is 5.45. The molecular formula is C24H21FN4O2S. The fraction of sp³-hybridized carbons (Fsp3) is 0.208. The average Bonchev–Trinajstić information content (AvgIpc) is 3.59. The van der Waals surface area contributed by atoms with E-state index < -0.39 is 0 Å². The molecule has 2 aromatic carbocycles. The van der Waals surface area contributed by atoms with Crippen molar-refractivity contribution in [3.8, 4) is 22.1 Å². The summed E-state index contributed by atoms with van der Waals surface area (Å²) in [6.07, 6.45) is 0.875. The van der Waals surface area contributed by atoms with Gasteiger partial charge in [-0.1, -0.05) is 24.3 Å². The number of hydrogen-bond acceptors (Lipinski definition) is 5. The molecule has 2 aromatic heterocycles. The van der Waals surface area contributed by atoms with E-state index in [1.165, 1.54) is 29.0 Å². The first-order chi connectivity index (χ1) is 15.6. The third-order valence-corrected chi connectivity index (χ3v) is 6.52. The molecule has 3 heterocycles. The SMILES string of the molecule is COc1ccc(C2CCN(C(=O)c3nc(-c4cccs4)n(-c4cccc(F)c4)n3)C2)cc1. The minimum Gasteiger partial charge on any atom is -0.497 e. The summed E-state index contributed by atoms with van der Waals surface area (Å²) >= 11 is 1.49. The molecule has 1 amide bonds. The second-order valence-electron chi connectivity index (χ2n) is 7.64. The zero-order chi connectivity index (χ0) is 22.1. The zero-order valence-corrected chi connectivity index (χ0v) is 18.3. The van der Waals surface area contributed by atoms with E-state index in [2.05, 4.69) is 10.1 Å². The number of carbonyl (C=O) groups excluding carboxylic acids is 1. The zero-order valence-electron chi connectivity index (χ0n) is 17.4. The maximum Gasteiger partial charge on any atom is 0.293 e. The number of rotatable bonds is 5. The Labute approximate surface area is 188 Å². The summed E-state index contributed by atoms with van der Waals surface area (Å²) in [6.45, 7) is 1.24. The summed E-state index contributed by atoms with van der Waals surface area (Å²) in [4.78, 5) is 20.5. The minimum atomic E-state index is -0.370. The first-order valence-corrected chi connectivity index (χ1v) is 11.2. The summed E-state index contributed by atoms with van der Waals surface area (Å²) in [5.41, 5.74) is 1.70. The number of methoxy groups -OCH3 is 1.